The molecule has 2 unspecified atom stereocenters. The average Bonchev–Trinajstić information content (AvgIpc) is 2.37. The average molecular weight is 265 g/mol. The van der Waals surface area contributed by atoms with Crippen LogP contribution in [0.3, 0.4) is 0 Å². The Morgan fingerprint density at radius 2 is 2.00 bits per heavy atom. The molecule has 1 aromatic carbocycles. The van der Waals surface area contributed by atoms with Gasteiger partial charge >= 0.3 is 5.97 Å². The van der Waals surface area contributed by atoms with Crippen molar-refractivity contribution in [3.8, 4) is 5.75 Å². The van der Waals surface area contributed by atoms with Gasteiger partial charge in [0.1, 0.15) is 11.8 Å². The minimum Gasteiger partial charge on any atom is -0.507 e. The molecule has 0 aliphatic rings. The molecule has 0 aliphatic carbocycles. The monoisotopic (exact) mass is 265 g/mol. The lowest BCUT2D eigenvalue weighted by molar-refractivity contribution is -0.140. The van der Waals surface area contributed by atoms with Crippen molar-refractivity contribution in [2.24, 2.45) is 5.92 Å². The van der Waals surface area contributed by atoms with Crippen molar-refractivity contribution in [3.05, 3.63) is 29.3 Å². The molecule has 0 saturated carbocycles. The van der Waals surface area contributed by atoms with Gasteiger partial charge in [-0.1, -0.05) is 31.9 Å². The first-order chi connectivity index (χ1) is 8.86. The molecule has 19 heavy (non-hydrogen) atoms. The molecule has 3 N–H and O–H groups in total. The summed E-state index contributed by atoms with van der Waals surface area (Å²) in [5.41, 5.74) is 0.910. The van der Waals surface area contributed by atoms with Crippen molar-refractivity contribution < 1.29 is 19.8 Å². The lowest BCUT2D eigenvalue weighted by Gasteiger charge is -2.20. The number of carbonyl (C=O) groups excluding carboxylic acids is 1. The summed E-state index contributed by atoms with van der Waals surface area (Å²) in [6, 6.07) is 3.66. The molecule has 5 nitrogen and oxygen atoms in total. The summed E-state index contributed by atoms with van der Waals surface area (Å²) in [6.45, 7) is 5.41. The van der Waals surface area contributed by atoms with E-state index in [1.165, 1.54) is 12.1 Å². The van der Waals surface area contributed by atoms with Crippen LogP contribution in [0.25, 0.3) is 0 Å². The van der Waals surface area contributed by atoms with Crippen LogP contribution in [-0.4, -0.2) is 28.1 Å². The lowest BCUT2D eigenvalue weighted by Crippen LogP contribution is -2.45. The van der Waals surface area contributed by atoms with Crippen molar-refractivity contribution in [2.45, 2.75) is 33.2 Å². The SMILES string of the molecule is CCC(C)C(NC(=O)c1cc(C)ccc1O)C(=O)O. The van der Waals surface area contributed by atoms with Gasteiger partial charge in [-0.05, 0) is 25.0 Å². The summed E-state index contributed by atoms with van der Waals surface area (Å²) in [5.74, 6) is -1.99. The first-order valence-electron chi connectivity index (χ1n) is 6.20. The topological polar surface area (TPSA) is 86.6 Å². The predicted octanol–water partition coefficient (Wildman–Crippen LogP) is 1.93. The van der Waals surface area contributed by atoms with Gasteiger partial charge in [0.25, 0.3) is 5.91 Å². The molecular formula is C14H19NO4. The lowest BCUT2D eigenvalue weighted by atomic mass is 9.98. The summed E-state index contributed by atoms with van der Waals surface area (Å²) in [4.78, 5) is 23.2. The Bertz CT molecular complexity index is 484. The summed E-state index contributed by atoms with van der Waals surface area (Å²) in [6.07, 6.45) is 0.636. The molecule has 0 fully saturated rings. The Morgan fingerprint density at radius 1 is 1.37 bits per heavy atom. The highest BCUT2D eigenvalue weighted by Gasteiger charge is 2.26. The summed E-state index contributed by atoms with van der Waals surface area (Å²) in [5, 5.41) is 21.2. The van der Waals surface area contributed by atoms with Gasteiger partial charge in [-0.25, -0.2) is 4.79 Å². The molecule has 0 heterocycles. The smallest absolute Gasteiger partial charge is 0.326 e. The highest BCUT2D eigenvalue weighted by molar-refractivity contribution is 5.99. The normalized spacial score (nSPS) is 13.6. The van der Waals surface area contributed by atoms with Crippen LogP contribution in [0, 0.1) is 12.8 Å². The zero-order chi connectivity index (χ0) is 14.6. The summed E-state index contributed by atoms with van der Waals surface area (Å²) in [7, 11) is 0. The first-order valence-corrected chi connectivity index (χ1v) is 6.20. The molecular weight excluding hydrogens is 246 g/mol. The van der Waals surface area contributed by atoms with Crippen molar-refractivity contribution in [2.75, 3.05) is 0 Å². The molecule has 1 aromatic rings. The highest BCUT2D eigenvalue weighted by Crippen LogP contribution is 2.19. The van der Waals surface area contributed by atoms with Crippen LogP contribution < -0.4 is 5.32 Å². The van der Waals surface area contributed by atoms with E-state index in [1.807, 2.05) is 6.92 Å². The van der Waals surface area contributed by atoms with E-state index in [4.69, 9.17) is 5.11 Å². The Balaban J connectivity index is 2.94. The summed E-state index contributed by atoms with van der Waals surface area (Å²) >= 11 is 0. The number of aromatic hydroxyl groups is 1. The number of carbonyl (C=O) groups is 2. The standard InChI is InChI=1S/C14H19NO4/c1-4-9(3)12(14(18)19)15-13(17)10-7-8(2)5-6-11(10)16/h5-7,9,12,16H,4H2,1-3H3,(H,15,17)(H,18,19). The Hall–Kier alpha value is -2.04. The van der Waals surface area contributed by atoms with Crippen LogP contribution >= 0.6 is 0 Å². The zero-order valence-electron chi connectivity index (χ0n) is 11.3. The highest BCUT2D eigenvalue weighted by atomic mass is 16.4. The van der Waals surface area contributed by atoms with Crippen molar-refractivity contribution in [1.29, 1.82) is 0 Å². The minimum atomic E-state index is -1.07. The van der Waals surface area contributed by atoms with Crippen LogP contribution in [0.2, 0.25) is 0 Å². The van der Waals surface area contributed by atoms with Crippen molar-refractivity contribution >= 4 is 11.9 Å². The number of aryl methyl sites for hydroxylation is 1. The number of hydrogen-bond acceptors (Lipinski definition) is 3. The van der Waals surface area contributed by atoms with E-state index in [0.717, 1.165) is 5.56 Å². The second-order valence-corrected chi connectivity index (χ2v) is 4.70. The molecule has 0 radical (unpaired) electrons. The quantitative estimate of drug-likeness (QED) is 0.759. The molecule has 0 aliphatic heterocycles. The fraction of sp³-hybridized carbons (Fsp3) is 0.429. The molecule has 0 spiro atoms. The fourth-order valence-corrected chi connectivity index (χ4v) is 1.73. The third-order valence-electron chi connectivity index (χ3n) is 3.16. The van der Waals surface area contributed by atoms with E-state index in [-0.39, 0.29) is 17.2 Å². The largest absolute Gasteiger partial charge is 0.507 e. The van der Waals surface area contributed by atoms with Gasteiger partial charge in [0, 0.05) is 0 Å². The van der Waals surface area contributed by atoms with E-state index in [1.54, 1.807) is 19.9 Å². The Kier molecular flexibility index (Phi) is 4.92. The van der Waals surface area contributed by atoms with E-state index < -0.39 is 17.9 Å². The predicted molar refractivity (Wildman–Crippen MR) is 71.2 cm³/mol. The van der Waals surface area contributed by atoms with Gasteiger partial charge in [-0.15, -0.1) is 0 Å². The maximum Gasteiger partial charge on any atom is 0.326 e. The van der Waals surface area contributed by atoms with Crippen molar-refractivity contribution in [3.63, 3.8) is 0 Å². The molecule has 0 saturated heterocycles. The number of benzene rings is 1. The third-order valence-corrected chi connectivity index (χ3v) is 3.16. The van der Waals surface area contributed by atoms with Gasteiger partial charge in [0.15, 0.2) is 0 Å². The van der Waals surface area contributed by atoms with Gasteiger partial charge < -0.3 is 15.5 Å². The van der Waals surface area contributed by atoms with Gasteiger partial charge in [0.2, 0.25) is 0 Å². The van der Waals surface area contributed by atoms with E-state index >= 15 is 0 Å². The van der Waals surface area contributed by atoms with Crippen LogP contribution in [-0.2, 0) is 4.79 Å². The molecule has 0 bridgehead atoms. The van der Waals surface area contributed by atoms with Crippen LogP contribution in [0.15, 0.2) is 18.2 Å². The van der Waals surface area contributed by atoms with E-state index in [0.29, 0.717) is 6.42 Å². The number of amides is 1. The third kappa shape index (κ3) is 3.71. The maximum absolute atomic E-state index is 12.0. The van der Waals surface area contributed by atoms with Crippen LogP contribution in [0.1, 0.15) is 36.2 Å². The molecule has 104 valence electrons. The van der Waals surface area contributed by atoms with E-state index in [9.17, 15) is 14.7 Å². The number of nitrogens with one attached hydrogen (secondary N) is 1. The zero-order valence-corrected chi connectivity index (χ0v) is 11.3. The van der Waals surface area contributed by atoms with Gasteiger partial charge in [-0.2, -0.15) is 0 Å². The van der Waals surface area contributed by atoms with E-state index in [2.05, 4.69) is 5.32 Å². The number of carboxylic acid groups (broad SMARTS) is 1. The fourth-order valence-electron chi connectivity index (χ4n) is 1.73. The maximum atomic E-state index is 12.0. The number of rotatable bonds is 5. The number of aliphatic carboxylic acids is 1. The molecule has 1 amide bonds. The van der Waals surface area contributed by atoms with Crippen LogP contribution in [0.4, 0.5) is 0 Å². The van der Waals surface area contributed by atoms with Gasteiger partial charge in [-0.3, -0.25) is 4.79 Å². The van der Waals surface area contributed by atoms with Crippen molar-refractivity contribution in [1.82, 2.24) is 5.32 Å². The molecule has 2 atom stereocenters. The first kappa shape index (κ1) is 15.0. The molecule has 0 aromatic heterocycles. The number of carboxylic acids is 1. The van der Waals surface area contributed by atoms with Gasteiger partial charge in [0.05, 0.1) is 5.56 Å². The second kappa shape index (κ2) is 6.22. The second-order valence-electron chi connectivity index (χ2n) is 4.70. The molecule has 5 heteroatoms. The summed E-state index contributed by atoms with van der Waals surface area (Å²) < 4.78 is 0. The Morgan fingerprint density at radius 3 is 2.53 bits per heavy atom. The number of phenols is 1. The number of hydrogen-bond donors (Lipinski definition) is 3. The minimum absolute atomic E-state index is 0.0922. The Labute approximate surface area is 112 Å². The van der Waals surface area contributed by atoms with Crippen LogP contribution in [0.5, 0.6) is 5.75 Å². The molecule has 1 rings (SSSR count). The number of phenolic OH excluding ortho intramolecular Hbond substituents is 1.